The van der Waals surface area contributed by atoms with Crippen molar-refractivity contribution < 1.29 is 4.79 Å². The van der Waals surface area contributed by atoms with Crippen LogP contribution in [0.3, 0.4) is 0 Å². The van der Waals surface area contributed by atoms with Gasteiger partial charge in [-0.25, -0.2) is 5.43 Å². The Bertz CT molecular complexity index is 1540. The second-order valence-corrected chi connectivity index (χ2v) is 9.86. The fraction of sp³-hybridized carbons (Fsp3) is 0.0968. The summed E-state index contributed by atoms with van der Waals surface area (Å²) >= 11 is 1.32. The van der Waals surface area contributed by atoms with Gasteiger partial charge < -0.3 is 0 Å². The predicted octanol–water partition coefficient (Wildman–Crippen LogP) is 6.46. The molecule has 0 saturated heterocycles. The minimum Gasteiger partial charge on any atom is -0.272 e. The first kappa shape index (κ1) is 25.2. The maximum absolute atomic E-state index is 12.5. The topological polar surface area (TPSA) is 72.2 Å². The van der Waals surface area contributed by atoms with Crippen LogP contribution in [0.5, 0.6) is 0 Å². The number of benzene rings is 4. The second-order valence-electron chi connectivity index (χ2n) is 8.91. The number of carbonyl (C=O) groups is 1. The van der Waals surface area contributed by atoms with Gasteiger partial charge in [-0.05, 0) is 42.7 Å². The quantitative estimate of drug-likeness (QED) is 0.146. The van der Waals surface area contributed by atoms with Crippen LogP contribution in [0, 0.1) is 13.8 Å². The van der Waals surface area contributed by atoms with Crippen molar-refractivity contribution in [3.63, 3.8) is 0 Å². The van der Waals surface area contributed by atoms with Crippen molar-refractivity contribution in [1.29, 1.82) is 0 Å². The number of aryl methyl sites for hydroxylation is 2. The maximum Gasteiger partial charge on any atom is 0.250 e. The van der Waals surface area contributed by atoms with Crippen LogP contribution in [0.25, 0.3) is 28.2 Å². The van der Waals surface area contributed by atoms with Crippen LogP contribution < -0.4 is 5.43 Å². The minimum atomic E-state index is -0.220. The van der Waals surface area contributed by atoms with Crippen LogP contribution in [0.1, 0.15) is 16.7 Å². The Balaban J connectivity index is 1.25. The van der Waals surface area contributed by atoms with Gasteiger partial charge in [0, 0.05) is 11.3 Å². The first-order valence-electron chi connectivity index (χ1n) is 12.3. The molecule has 0 fully saturated rings. The molecule has 1 aromatic heterocycles. The van der Waals surface area contributed by atoms with Crippen molar-refractivity contribution in [2.24, 2.45) is 5.10 Å². The number of amides is 1. The molecule has 38 heavy (non-hydrogen) atoms. The summed E-state index contributed by atoms with van der Waals surface area (Å²) in [6.45, 7) is 4.10. The van der Waals surface area contributed by atoms with Crippen molar-refractivity contribution in [2.45, 2.75) is 19.0 Å². The minimum absolute atomic E-state index is 0.155. The Morgan fingerprint density at radius 2 is 1.39 bits per heavy atom. The lowest BCUT2D eigenvalue weighted by Gasteiger charge is -2.11. The fourth-order valence-corrected chi connectivity index (χ4v) is 4.66. The van der Waals surface area contributed by atoms with Gasteiger partial charge in [-0.2, -0.15) is 5.10 Å². The summed E-state index contributed by atoms with van der Waals surface area (Å²) in [6, 6.07) is 34.6. The summed E-state index contributed by atoms with van der Waals surface area (Å²) in [5, 5.41) is 13.6. The largest absolute Gasteiger partial charge is 0.272 e. The molecule has 0 aliphatic rings. The van der Waals surface area contributed by atoms with Crippen molar-refractivity contribution in [1.82, 2.24) is 20.2 Å². The zero-order chi connectivity index (χ0) is 26.3. The van der Waals surface area contributed by atoms with Crippen molar-refractivity contribution in [2.75, 3.05) is 5.75 Å². The molecule has 5 aromatic rings. The first-order valence-corrected chi connectivity index (χ1v) is 13.2. The summed E-state index contributed by atoms with van der Waals surface area (Å²) in [5.74, 6) is 0.665. The molecule has 5 rings (SSSR count). The maximum atomic E-state index is 12.5. The first-order chi connectivity index (χ1) is 18.6. The van der Waals surface area contributed by atoms with Crippen molar-refractivity contribution in [3.05, 3.63) is 120 Å². The molecule has 0 atom stereocenters. The Labute approximate surface area is 226 Å². The van der Waals surface area contributed by atoms with Gasteiger partial charge in [-0.3, -0.25) is 9.36 Å². The van der Waals surface area contributed by atoms with E-state index in [0.29, 0.717) is 5.16 Å². The van der Waals surface area contributed by atoms with Gasteiger partial charge in [0.15, 0.2) is 11.0 Å². The van der Waals surface area contributed by atoms with Crippen molar-refractivity contribution >= 4 is 23.9 Å². The third kappa shape index (κ3) is 6.07. The van der Waals surface area contributed by atoms with Gasteiger partial charge in [0.2, 0.25) is 0 Å². The molecule has 1 N–H and O–H groups in total. The molecule has 0 bridgehead atoms. The molecular formula is C31H27N5OS. The highest BCUT2D eigenvalue weighted by Crippen LogP contribution is 2.28. The Morgan fingerprint density at radius 3 is 2.08 bits per heavy atom. The van der Waals surface area contributed by atoms with E-state index in [1.54, 1.807) is 6.21 Å². The Hall–Kier alpha value is -4.49. The van der Waals surface area contributed by atoms with Crippen LogP contribution >= 0.6 is 11.8 Å². The highest BCUT2D eigenvalue weighted by atomic mass is 32.2. The number of thioether (sulfide) groups is 1. The third-order valence-corrected chi connectivity index (χ3v) is 6.92. The molecule has 0 aliphatic carbocycles. The van der Waals surface area contributed by atoms with Crippen LogP contribution in [-0.4, -0.2) is 32.6 Å². The molecule has 1 heterocycles. The zero-order valence-corrected chi connectivity index (χ0v) is 22.0. The summed E-state index contributed by atoms with van der Waals surface area (Å²) in [5.41, 5.74) is 10.0. The van der Waals surface area contributed by atoms with E-state index in [1.807, 2.05) is 71.3 Å². The number of rotatable bonds is 8. The Morgan fingerprint density at radius 1 is 0.789 bits per heavy atom. The number of nitrogens with one attached hydrogen (secondary N) is 1. The molecule has 0 spiro atoms. The standard InChI is InChI=1S/C31H27N5OS/c1-22-8-14-27(15-9-22)30-34-35-31(36(30)28-18-10-23(2)11-19-28)38-21-29(37)33-32-20-24-12-16-26(17-13-24)25-6-4-3-5-7-25/h3-20H,21H2,1-2H3,(H,33,37). The number of nitrogens with zero attached hydrogens (tertiary/aromatic N) is 4. The van der Waals surface area contributed by atoms with E-state index in [1.165, 1.54) is 22.9 Å². The molecule has 7 heteroatoms. The molecule has 4 aromatic carbocycles. The van der Waals surface area contributed by atoms with E-state index in [9.17, 15) is 4.79 Å². The highest BCUT2D eigenvalue weighted by molar-refractivity contribution is 7.99. The average molecular weight is 518 g/mol. The summed E-state index contributed by atoms with van der Waals surface area (Å²) in [7, 11) is 0. The summed E-state index contributed by atoms with van der Waals surface area (Å²) in [6.07, 6.45) is 1.64. The average Bonchev–Trinajstić information content (AvgIpc) is 3.37. The van der Waals surface area contributed by atoms with Gasteiger partial charge in [-0.1, -0.05) is 114 Å². The van der Waals surface area contributed by atoms with Crippen LogP contribution in [0.2, 0.25) is 0 Å². The summed E-state index contributed by atoms with van der Waals surface area (Å²) in [4.78, 5) is 12.5. The van der Waals surface area contributed by atoms with Crippen LogP contribution in [0.15, 0.2) is 113 Å². The predicted molar refractivity (Wildman–Crippen MR) is 155 cm³/mol. The molecule has 0 radical (unpaired) electrons. The number of aromatic nitrogens is 3. The highest BCUT2D eigenvalue weighted by Gasteiger charge is 2.17. The third-order valence-electron chi connectivity index (χ3n) is 5.99. The van der Waals surface area contributed by atoms with Gasteiger partial charge in [0.05, 0.1) is 12.0 Å². The lowest BCUT2D eigenvalue weighted by molar-refractivity contribution is -0.118. The van der Waals surface area contributed by atoms with Gasteiger partial charge >= 0.3 is 0 Å². The normalized spacial score (nSPS) is 11.1. The lowest BCUT2D eigenvalue weighted by atomic mass is 10.0. The molecular weight excluding hydrogens is 490 g/mol. The Kier molecular flexibility index (Phi) is 7.75. The van der Waals surface area contributed by atoms with Gasteiger partial charge in [0.1, 0.15) is 0 Å². The molecule has 0 saturated carbocycles. The molecule has 188 valence electrons. The van der Waals surface area contributed by atoms with E-state index >= 15 is 0 Å². The fourth-order valence-electron chi connectivity index (χ4n) is 3.91. The second kappa shape index (κ2) is 11.7. The monoisotopic (exact) mass is 517 g/mol. The SMILES string of the molecule is Cc1ccc(-c2nnc(SCC(=O)NN=Cc3ccc(-c4ccccc4)cc3)n2-c2ccc(C)cc2)cc1. The zero-order valence-electron chi connectivity index (χ0n) is 21.2. The van der Waals surface area contributed by atoms with Crippen LogP contribution in [-0.2, 0) is 4.79 Å². The van der Waals surface area contributed by atoms with E-state index < -0.39 is 0 Å². The molecule has 1 amide bonds. The number of carbonyl (C=O) groups excluding carboxylic acids is 1. The number of hydrogen-bond donors (Lipinski definition) is 1. The summed E-state index contributed by atoms with van der Waals surface area (Å²) < 4.78 is 1.99. The van der Waals surface area contributed by atoms with Gasteiger partial charge in [0.25, 0.3) is 5.91 Å². The van der Waals surface area contributed by atoms with E-state index in [2.05, 4.69) is 71.0 Å². The van der Waals surface area contributed by atoms with Crippen LogP contribution in [0.4, 0.5) is 0 Å². The molecule has 6 nitrogen and oxygen atoms in total. The number of hydrazone groups is 1. The van der Waals surface area contributed by atoms with Gasteiger partial charge in [-0.15, -0.1) is 10.2 Å². The number of hydrogen-bond acceptors (Lipinski definition) is 5. The lowest BCUT2D eigenvalue weighted by Crippen LogP contribution is -2.20. The van der Waals surface area contributed by atoms with E-state index in [4.69, 9.17) is 0 Å². The molecule has 0 unspecified atom stereocenters. The van der Waals surface area contributed by atoms with E-state index in [-0.39, 0.29) is 11.7 Å². The van der Waals surface area contributed by atoms with E-state index in [0.717, 1.165) is 33.8 Å². The molecule has 0 aliphatic heterocycles. The smallest absolute Gasteiger partial charge is 0.250 e. The van der Waals surface area contributed by atoms with Crippen molar-refractivity contribution in [3.8, 4) is 28.2 Å².